The van der Waals surface area contributed by atoms with Crippen LogP contribution in [-0.2, 0) is 25.2 Å². The molecule has 0 saturated carbocycles. The van der Waals surface area contributed by atoms with Crippen molar-refractivity contribution in [1.82, 2.24) is 0 Å². The van der Waals surface area contributed by atoms with E-state index in [9.17, 15) is 27.9 Å². The van der Waals surface area contributed by atoms with Gasteiger partial charge in [-0.15, -0.1) is 0 Å². The molecule has 36 heavy (non-hydrogen) atoms. The predicted octanol–water partition coefficient (Wildman–Crippen LogP) is 5.38. The lowest BCUT2D eigenvalue weighted by molar-refractivity contribution is -0.144. The Kier molecular flexibility index (Phi) is 8.68. The lowest BCUT2D eigenvalue weighted by atomic mass is 9.74. The maximum Gasteiger partial charge on any atom is 0.416 e. The predicted molar refractivity (Wildman–Crippen MR) is 127 cm³/mol. The zero-order valence-corrected chi connectivity index (χ0v) is 20.2. The highest BCUT2D eigenvalue weighted by Gasteiger charge is 2.43. The third kappa shape index (κ3) is 6.02. The van der Waals surface area contributed by atoms with Gasteiger partial charge in [-0.2, -0.15) is 13.2 Å². The molecule has 3 rings (SSSR count). The van der Waals surface area contributed by atoms with Crippen molar-refractivity contribution in [2.75, 3.05) is 13.7 Å². The Hall–Kier alpha value is -3.46. The van der Waals surface area contributed by atoms with Gasteiger partial charge < -0.3 is 14.6 Å². The summed E-state index contributed by atoms with van der Waals surface area (Å²) in [5.74, 6) is -3.75. The molecule has 0 aromatic heterocycles. The second kappa shape index (κ2) is 11.5. The summed E-state index contributed by atoms with van der Waals surface area (Å²) in [6.07, 6.45) is -5.16. The quantitative estimate of drug-likeness (QED) is 0.489. The molecule has 192 valence electrons. The zero-order chi connectivity index (χ0) is 26.5. The third-order valence-electron chi connectivity index (χ3n) is 6.08. The highest BCUT2D eigenvalue weighted by Crippen LogP contribution is 2.43. The van der Waals surface area contributed by atoms with E-state index in [0.717, 1.165) is 19.2 Å². The molecule has 1 aliphatic rings. The van der Waals surface area contributed by atoms with Crippen LogP contribution in [0.25, 0.3) is 0 Å². The van der Waals surface area contributed by atoms with E-state index in [0.29, 0.717) is 11.3 Å². The van der Waals surface area contributed by atoms with Gasteiger partial charge in [-0.3, -0.25) is 9.79 Å². The highest BCUT2D eigenvalue weighted by atomic mass is 19.4. The number of methoxy groups -OCH3 is 1. The summed E-state index contributed by atoms with van der Waals surface area (Å²) < 4.78 is 50.7. The van der Waals surface area contributed by atoms with E-state index in [1.54, 1.807) is 38.1 Å². The molecule has 3 atom stereocenters. The fraction of sp³-hybridized carbons (Fsp3) is 0.370. The summed E-state index contributed by atoms with van der Waals surface area (Å²) in [4.78, 5) is 30.4. The lowest BCUT2D eigenvalue weighted by Crippen LogP contribution is -2.36. The summed E-state index contributed by atoms with van der Waals surface area (Å²) in [6, 6.07) is 13.4. The fourth-order valence-corrected chi connectivity index (χ4v) is 4.39. The van der Waals surface area contributed by atoms with Crippen molar-refractivity contribution in [3.63, 3.8) is 0 Å². The van der Waals surface area contributed by atoms with Crippen molar-refractivity contribution in [3.05, 3.63) is 82.6 Å². The number of aliphatic hydroxyl groups is 1. The molecule has 3 unspecified atom stereocenters. The van der Waals surface area contributed by atoms with Gasteiger partial charge in [-0.25, -0.2) is 4.79 Å². The van der Waals surface area contributed by atoms with E-state index in [4.69, 9.17) is 9.47 Å². The first-order valence-electron chi connectivity index (χ1n) is 11.5. The van der Waals surface area contributed by atoms with Gasteiger partial charge in [0.15, 0.2) is 0 Å². The van der Waals surface area contributed by atoms with E-state index in [2.05, 4.69) is 4.99 Å². The molecule has 0 radical (unpaired) electrons. The summed E-state index contributed by atoms with van der Waals surface area (Å²) in [7, 11) is 1.16. The summed E-state index contributed by atoms with van der Waals surface area (Å²) in [6.45, 7) is 3.19. The number of carbonyl (C=O) groups is 2. The number of benzene rings is 2. The van der Waals surface area contributed by atoms with Crippen molar-refractivity contribution in [2.45, 2.75) is 44.9 Å². The van der Waals surface area contributed by atoms with Crippen LogP contribution in [0.5, 0.6) is 0 Å². The molecule has 0 aliphatic carbocycles. The van der Waals surface area contributed by atoms with Crippen LogP contribution in [-0.4, -0.2) is 36.5 Å². The molecule has 0 bridgehead atoms. The first kappa shape index (κ1) is 27.1. The monoisotopic (exact) mass is 503 g/mol. The van der Waals surface area contributed by atoms with Crippen LogP contribution in [0, 0.1) is 5.92 Å². The standard InChI is InChI=1S/C27H28F3NO5/c1-4-36-26(34)24-20(13-14-21(32)17-9-6-5-7-10-17)31-16(2)22(25(33)35-3)23(24)18-11-8-12-19(15-18)27(28,29)30/h5-12,15,21-23,32H,4,13-14H2,1-3H3. The minimum absolute atomic E-state index is 0.0163. The Morgan fingerprint density at radius 2 is 1.81 bits per heavy atom. The number of ether oxygens (including phenoxy) is 2. The number of hydrogen-bond acceptors (Lipinski definition) is 6. The molecular formula is C27H28F3NO5. The van der Waals surface area contributed by atoms with Crippen LogP contribution < -0.4 is 0 Å². The van der Waals surface area contributed by atoms with Gasteiger partial charge in [0.2, 0.25) is 0 Å². The van der Waals surface area contributed by atoms with E-state index in [-0.39, 0.29) is 36.3 Å². The minimum atomic E-state index is -4.62. The lowest BCUT2D eigenvalue weighted by Gasteiger charge is -2.32. The highest BCUT2D eigenvalue weighted by molar-refractivity contribution is 6.07. The van der Waals surface area contributed by atoms with Crippen LogP contribution in [0.1, 0.15) is 55.4 Å². The van der Waals surface area contributed by atoms with Gasteiger partial charge in [-0.1, -0.05) is 48.5 Å². The van der Waals surface area contributed by atoms with Gasteiger partial charge in [-0.05, 0) is 43.9 Å². The Morgan fingerprint density at radius 3 is 2.42 bits per heavy atom. The second-order valence-corrected chi connectivity index (χ2v) is 8.40. The number of rotatable bonds is 8. The minimum Gasteiger partial charge on any atom is -0.468 e. The Morgan fingerprint density at radius 1 is 1.11 bits per heavy atom. The molecule has 6 nitrogen and oxygen atoms in total. The van der Waals surface area contributed by atoms with E-state index < -0.39 is 41.6 Å². The molecular weight excluding hydrogens is 475 g/mol. The first-order valence-corrected chi connectivity index (χ1v) is 11.5. The van der Waals surface area contributed by atoms with E-state index in [1.807, 2.05) is 6.07 Å². The summed E-state index contributed by atoms with van der Waals surface area (Å²) in [5, 5.41) is 10.6. The van der Waals surface area contributed by atoms with Gasteiger partial charge in [0.05, 0.1) is 36.7 Å². The number of esters is 2. The number of aliphatic hydroxyl groups excluding tert-OH is 1. The number of halogens is 3. The second-order valence-electron chi connectivity index (χ2n) is 8.40. The molecule has 2 aromatic carbocycles. The Bertz CT molecular complexity index is 1160. The van der Waals surface area contributed by atoms with Gasteiger partial charge in [0.25, 0.3) is 0 Å². The average molecular weight is 504 g/mol. The first-order chi connectivity index (χ1) is 17.1. The maximum atomic E-state index is 13.5. The summed E-state index contributed by atoms with van der Waals surface area (Å²) in [5.41, 5.74) is 0.406. The maximum absolute atomic E-state index is 13.5. The molecule has 0 amide bonds. The number of allylic oxidation sites excluding steroid dienone is 1. The number of alkyl halides is 3. The molecule has 0 fully saturated rings. The average Bonchev–Trinajstić information content (AvgIpc) is 2.86. The number of carbonyl (C=O) groups excluding carboxylic acids is 2. The molecule has 1 N–H and O–H groups in total. The van der Waals surface area contributed by atoms with Crippen LogP contribution in [0.2, 0.25) is 0 Å². The van der Waals surface area contributed by atoms with Crippen LogP contribution in [0.3, 0.4) is 0 Å². The van der Waals surface area contributed by atoms with Gasteiger partial charge in [0, 0.05) is 11.6 Å². The molecule has 1 heterocycles. The molecule has 9 heteroatoms. The van der Waals surface area contributed by atoms with Crippen LogP contribution >= 0.6 is 0 Å². The topological polar surface area (TPSA) is 85.2 Å². The normalized spacial score (nSPS) is 18.9. The van der Waals surface area contributed by atoms with Crippen molar-refractivity contribution in [2.24, 2.45) is 10.9 Å². The molecule has 2 aromatic rings. The van der Waals surface area contributed by atoms with Crippen molar-refractivity contribution < 1.29 is 37.3 Å². The fourth-order valence-electron chi connectivity index (χ4n) is 4.39. The molecule has 0 saturated heterocycles. The van der Waals surface area contributed by atoms with Crippen LogP contribution in [0.15, 0.2) is 70.9 Å². The van der Waals surface area contributed by atoms with Gasteiger partial charge >= 0.3 is 18.1 Å². The number of nitrogens with zero attached hydrogens (tertiary/aromatic N) is 1. The van der Waals surface area contributed by atoms with Crippen molar-refractivity contribution in [3.8, 4) is 0 Å². The van der Waals surface area contributed by atoms with E-state index in [1.165, 1.54) is 12.1 Å². The molecule has 1 aliphatic heterocycles. The van der Waals surface area contributed by atoms with E-state index >= 15 is 0 Å². The Labute approximate surface area is 207 Å². The number of aliphatic imine (C=N–C) groups is 1. The SMILES string of the molecule is CCOC(=O)C1=C(CCC(O)c2ccccc2)N=C(C)C(C(=O)OC)C1c1cccc(C(F)(F)F)c1. The smallest absolute Gasteiger partial charge is 0.416 e. The third-order valence-corrected chi connectivity index (χ3v) is 6.08. The van der Waals surface area contributed by atoms with Crippen LogP contribution in [0.4, 0.5) is 13.2 Å². The van der Waals surface area contributed by atoms with Gasteiger partial charge in [0.1, 0.15) is 5.92 Å². The molecule has 0 spiro atoms. The summed E-state index contributed by atoms with van der Waals surface area (Å²) >= 11 is 0. The number of hydrogen-bond donors (Lipinski definition) is 1. The largest absolute Gasteiger partial charge is 0.468 e. The van der Waals surface area contributed by atoms with Crippen molar-refractivity contribution >= 4 is 17.7 Å². The Balaban J connectivity index is 2.13. The van der Waals surface area contributed by atoms with Crippen molar-refractivity contribution in [1.29, 1.82) is 0 Å². The zero-order valence-electron chi connectivity index (χ0n) is 20.2.